The summed E-state index contributed by atoms with van der Waals surface area (Å²) in [4.78, 5) is 13.5. The molecule has 0 aliphatic carbocycles. The third-order valence-corrected chi connectivity index (χ3v) is 4.15. The van der Waals surface area contributed by atoms with E-state index < -0.39 is 0 Å². The Bertz CT molecular complexity index is 618. The van der Waals surface area contributed by atoms with Crippen LogP contribution in [0.2, 0.25) is 0 Å². The van der Waals surface area contributed by atoms with E-state index >= 15 is 0 Å². The lowest BCUT2D eigenvalue weighted by atomic mass is 10.0. The van der Waals surface area contributed by atoms with Gasteiger partial charge in [0, 0.05) is 26.1 Å². The second-order valence-electron chi connectivity index (χ2n) is 5.65. The molecule has 0 atom stereocenters. The maximum Gasteiger partial charge on any atom is 0.222 e. The first-order chi connectivity index (χ1) is 10.3. The van der Waals surface area contributed by atoms with Gasteiger partial charge in [-0.15, -0.1) is 0 Å². The van der Waals surface area contributed by atoms with Crippen molar-refractivity contribution in [3.63, 3.8) is 0 Å². The highest BCUT2D eigenvalue weighted by atomic mass is 16.2. The van der Waals surface area contributed by atoms with Crippen molar-refractivity contribution in [1.82, 2.24) is 10.2 Å². The number of benzene rings is 2. The van der Waals surface area contributed by atoms with Gasteiger partial charge in [0.15, 0.2) is 0 Å². The molecule has 0 spiro atoms. The summed E-state index contributed by atoms with van der Waals surface area (Å²) in [6, 6.07) is 14.9. The first-order valence-corrected chi connectivity index (χ1v) is 7.80. The van der Waals surface area contributed by atoms with Crippen LogP contribution in [-0.4, -0.2) is 30.4 Å². The lowest BCUT2D eigenvalue weighted by Gasteiger charge is -2.15. The molecule has 1 saturated heterocycles. The number of amides is 1. The summed E-state index contributed by atoms with van der Waals surface area (Å²) in [6.07, 6.45) is 2.79. The number of nitrogens with one attached hydrogen (secondary N) is 1. The molecule has 21 heavy (non-hydrogen) atoms. The van der Waals surface area contributed by atoms with Gasteiger partial charge in [0.2, 0.25) is 5.91 Å². The van der Waals surface area contributed by atoms with Crippen molar-refractivity contribution in [1.29, 1.82) is 0 Å². The van der Waals surface area contributed by atoms with Crippen molar-refractivity contribution in [2.24, 2.45) is 0 Å². The van der Waals surface area contributed by atoms with Crippen molar-refractivity contribution < 1.29 is 4.79 Å². The molecule has 0 aromatic heterocycles. The van der Waals surface area contributed by atoms with Gasteiger partial charge in [-0.3, -0.25) is 4.79 Å². The zero-order valence-corrected chi connectivity index (χ0v) is 12.3. The number of hydrogen-bond donors (Lipinski definition) is 1. The molecule has 1 aliphatic rings. The molecule has 3 heteroatoms. The van der Waals surface area contributed by atoms with E-state index in [0.29, 0.717) is 5.91 Å². The number of likely N-dealkylation sites (tertiary alicyclic amines) is 1. The van der Waals surface area contributed by atoms with Gasteiger partial charge in [-0.1, -0.05) is 42.5 Å². The molecule has 0 radical (unpaired) electrons. The minimum Gasteiger partial charge on any atom is -0.343 e. The topological polar surface area (TPSA) is 32.3 Å². The summed E-state index contributed by atoms with van der Waals surface area (Å²) in [5.74, 6) is 0.323. The summed E-state index contributed by atoms with van der Waals surface area (Å²) >= 11 is 0. The van der Waals surface area contributed by atoms with Gasteiger partial charge in [-0.2, -0.15) is 0 Å². The predicted molar refractivity (Wildman–Crippen MR) is 86.1 cm³/mol. The monoisotopic (exact) mass is 282 g/mol. The van der Waals surface area contributed by atoms with Crippen LogP contribution in [0.4, 0.5) is 0 Å². The molecule has 1 amide bonds. The summed E-state index contributed by atoms with van der Waals surface area (Å²) < 4.78 is 0. The Hall–Kier alpha value is -1.87. The van der Waals surface area contributed by atoms with E-state index in [9.17, 15) is 4.79 Å². The van der Waals surface area contributed by atoms with Crippen molar-refractivity contribution in [3.8, 4) is 0 Å². The lowest BCUT2D eigenvalue weighted by Crippen LogP contribution is -2.28. The van der Waals surface area contributed by atoms with Crippen LogP contribution in [-0.2, 0) is 11.3 Å². The van der Waals surface area contributed by atoms with Crippen molar-refractivity contribution >= 4 is 16.7 Å². The Labute approximate surface area is 125 Å². The van der Waals surface area contributed by atoms with E-state index in [4.69, 9.17) is 0 Å². The van der Waals surface area contributed by atoms with Crippen LogP contribution in [0.3, 0.4) is 0 Å². The maximum absolute atomic E-state index is 11.5. The Balaban J connectivity index is 1.47. The van der Waals surface area contributed by atoms with Gasteiger partial charge in [0.1, 0.15) is 0 Å². The summed E-state index contributed by atoms with van der Waals surface area (Å²) in [7, 11) is 0. The quantitative estimate of drug-likeness (QED) is 0.826. The van der Waals surface area contributed by atoms with E-state index in [1.807, 2.05) is 4.90 Å². The molecule has 0 bridgehead atoms. The van der Waals surface area contributed by atoms with Gasteiger partial charge < -0.3 is 10.2 Å². The number of rotatable bonds is 6. The first kappa shape index (κ1) is 14.1. The molecule has 1 aliphatic heterocycles. The Kier molecular flexibility index (Phi) is 4.51. The minimum absolute atomic E-state index is 0.323. The van der Waals surface area contributed by atoms with Crippen LogP contribution in [0.15, 0.2) is 42.5 Å². The molecule has 1 fully saturated rings. The smallest absolute Gasteiger partial charge is 0.222 e. The average molecular weight is 282 g/mol. The van der Waals surface area contributed by atoms with E-state index in [0.717, 1.165) is 45.4 Å². The molecule has 2 aromatic rings. The van der Waals surface area contributed by atoms with E-state index in [1.54, 1.807) is 0 Å². The van der Waals surface area contributed by atoms with Gasteiger partial charge in [0.05, 0.1) is 0 Å². The van der Waals surface area contributed by atoms with Crippen LogP contribution < -0.4 is 5.32 Å². The van der Waals surface area contributed by atoms with Crippen LogP contribution >= 0.6 is 0 Å². The normalized spacial score (nSPS) is 15.0. The predicted octanol–water partition coefficient (Wildman–Crippen LogP) is 2.94. The number of nitrogens with zero attached hydrogens (tertiary/aromatic N) is 1. The Morgan fingerprint density at radius 1 is 1.10 bits per heavy atom. The molecule has 3 nitrogen and oxygen atoms in total. The zero-order valence-electron chi connectivity index (χ0n) is 12.3. The first-order valence-electron chi connectivity index (χ1n) is 7.80. The highest BCUT2D eigenvalue weighted by molar-refractivity contribution is 5.85. The van der Waals surface area contributed by atoms with Gasteiger partial charge in [0.25, 0.3) is 0 Å². The second-order valence-corrected chi connectivity index (χ2v) is 5.65. The molecular weight excluding hydrogens is 260 g/mol. The highest BCUT2D eigenvalue weighted by Gasteiger charge is 2.18. The van der Waals surface area contributed by atoms with E-state index in [-0.39, 0.29) is 0 Å². The molecule has 1 heterocycles. The third-order valence-electron chi connectivity index (χ3n) is 4.15. The van der Waals surface area contributed by atoms with Gasteiger partial charge in [-0.05, 0) is 35.7 Å². The molecule has 1 N–H and O–H groups in total. The Morgan fingerprint density at radius 3 is 2.81 bits per heavy atom. The summed E-state index contributed by atoms with van der Waals surface area (Å²) in [5.41, 5.74) is 1.34. The lowest BCUT2D eigenvalue weighted by molar-refractivity contribution is -0.127. The van der Waals surface area contributed by atoms with Crippen molar-refractivity contribution in [2.75, 3.05) is 19.6 Å². The van der Waals surface area contributed by atoms with Crippen LogP contribution in [0.5, 0.6) is 0 Å². The number of fused-ring (bicyclic) bond motifs is 1. The zero-order chi connectivity index (χ0) is 14.5. The van der Waals surface area contributed by atoms with Gasteiger partial charge >= 0.3 is 0 Å². The summed E-state index contributed by atoms with van der Waals surface area (Å²) in [6.45, 7) is 3.67. The van der Waals surface area contributed by atoms with E-state index in [1.165, 1.54) is 16.3 Å². The fraction of sp³-hybridized carbons (Fsp3) is 0.389. The number of carbonyl (C=O) groups is 1. The average Bonchev–Trinajstić information content (AvgIpc) is 2.92. The maximum atomic E-state index is 11.5. The Morgan fingerprint density at radius 2 is 1.95 bits per heavy atom. The molecule has 2 aromatic carbocycles. The SMILES string of the molecule is O=C1CCCN1CCCNCc1cccc2ccccc12. The molecule has 3 rings (SSSR count). The van der Waals surface area contributed by atoms with Gasteiger partial charge in [-0.25, -0.2) is 0 Å². The van der Waals surface area contributed by atoms with Crippen LogP contribution in [0, 0.1) is 0 Å². The number of carbonyl (C=O) groups excluding carboxylic acids is 1. The van der Waals surface area contributed by atoms with Crippen LogP contribution in [0.25, 0.3) is 10.8 Å². The third kappa shape index (κ3) is 3.42. The van der Waals surface area contributed by atoms with Crippen molar-refractivity contribution in [3.05, 3.63) is 48.0 Å². The molecular formula is C18H22N2O. The number of hydrogen-bond acceptors (Lipinski definition) is 2. The standard InChI is InChI=1S/C18H22N2O/c21-18-10-4-12-20(18)13-5-11-19-14-16-8-3-7-15-6-1-2-9-17(15)16/h1-3,6-9,19H,4-5,10-14H2. The van der Waals surface area contributed by atoms with E-state index in [2.05, 4.69) is 47.8 Å². The largest absolute Gasteiger partial charge is 0.343 e. The molecule has 0 unspecified atom stereocenters. The van der Waals surface area contributed by atoms with Crippen molar-refractivity contribution in [2.45, 2.75) is 25.8 Å². The highest BCUT2D eigenvalue weighted by Crippen LogP contribution is 2.18. The second kappa shape index (κ2) is 6.72. The fourth-order valence-electron chi connectivity index (χ4n) is 3.01. The van der Waals surface area contributed by atoms with Crippen LogP contribution in [0.1, 0.15) is 24.8 Å². The minimum atomic E-state index is 0.323. The summed E-state index contributed by atoms with van der Waals surface area (Å²) in [5, 5.41) is 6.11. The fourth-order valence-corrected chi connectivity index (χ4v) is 3.01. The molecule has 110 valence electrons. The molecule has 0 saturated carbocycles.